The molecule has 1 atom stereocenters. The van der Waals surface area contributed by atoms with E-state index in [9.17, 15) is 31.9 Å². The van der Waals surface area contributed by atoms with E-state index in [1.54, 1.807) is 0 Å². The van der Waals surface area contributed by atoms with Crippen LogP contribution in [0.1, 0.15) is 53.3 Å². The third-order valence-corrected chi connectivity index (χ3v) is 5.77. The molecule has 1 aliphatic carbocycles. The summed E-state index contributed by atoms with van der Waals surface area (Å²) < 4.78 is 66.3. The van der Waals surface area contributed by atoms with Crippen LogP contribution in [0, 0.1) is 0 Å². The maximum atomic E-state index is 13.7. The molecule has 0 aromatic carbocycles. The van der Waals surface area contributed by atoms with Crippen molar-refractivity contribution in [3.63, 3.8) is 0 Å². The Hall–Kier alpha value is -2.04. The minimum absolute atomic E-state index is 0.102. The lowest BCUT2D eigenvalue weighted by molar-refractivity contribution is -0.141. The summed E-state index contributed by atoms with van der Waals surface area (Å²) in [6.07, 6.45) is -4.83. The van der Waals surface area contributed by atoms with Gasteiger partial charge in [0.05, 0.1) is 22.2 Å². The van der Waals surface area contributed by atoms with Gasteiger partial charge in [-0.1, -0.05) is 29.3 Å². The van der Waals surface area contributed by atoms with Crippen LogP contribution in [0.3, 0.4) is 0 Å². The summed E-state index contributed by atoms with van der Waals surface area (Å²) in [7, 11) is 0. The van der Waals surface area contributed by atoms with E-state index < -0.39 is 53.7 Å². The van der Waals surface area contributed by atoms with Crippen LogP contribution in [-0.2, 0) is 6.18 Å². The van der Waals surface area contributed by atoms with Crippen LogP contribution in [0.25, 0.3) is 0 Å². The van der Waals surface area contributed by atoms with Gasteiger partial charge in [-0.05, 0) is 25.0 Å². The van der Waals surface area contributed by atoms with E-state index in [4.69, 9.17) is 23.2 Å². The SMILES string of the molecule is O=C(NC(c1cccnc1Cl)C1(O)CCC(F)(F)CC1)c1cc(C(F)(F)F)ncc1Cl. The Kier molecular flexibility index (Phi) is 6.46. The zero-order chi connectivity index (χ0) is 23.0. The molecule has 0 radical (unpaired) electrons. The molecule has 168 valence electrons. The number of aromatic nitrogens is 2. The molecule has 12 heteroatoms. The van der Waals surface area contributed by atoms with E-state index in [-0.39, 0.29) is 28.6 Å². The first-order chi connectivity index (χ1) is 14.3. The van der Waals surface area contributed by atoms with Gasteiger partial charge >= 0.3 is 6.18 Å². The Balaban J connectivity index is 1.98. The summed E-state index contributed by atoms with van der Waals surface area (Å²) in [5.41, 5.74) is -3.59. The average molecular weight is 484 g/mol. The van der Waals surface area contributed by atoms with Crippen LogP contribution in [0.15, 0.2) is 30.6 Å². The van der Waals surface area contributed by atoms with Gasteiger partial charge in [0.2, 0.25) is 5.92 Å². The number of rotatable bonds is 4. The van der Waals surface area contributed by atoms with Crippen LogP contribution in [-0.4, -0.2) is 32.5 Å². The molecule has 31 heavy (non-hydrogen) atoms. The summed E-state index contributed by atoms with van der Waals surface area (Å²) in [4.78, 5) is 19.9. The quantitative estimate of drug-likeness (QED) is 0.462. The van der Waals surface area contributed by atoms with Crippen molar-refractivity contribution < 1.29 is 31.9 Å². The Morgan fingerprint density at radius 3 is 2.39 bits per heavy atom. The lowest BCUT2D eigenvalue weighted by Gasteiger charge is -2.42. The fourth-order valence-electron chi connectivity index (χ4n) is 3.43. The van der Waals surface area contributed by atoms with Gasteiger partial charge in [-0.2, -0.15) is 13.2 Å². The second-order valence-corrected chi connectivity index (χ2v) is 8.06. The van der Waals surface area contributed by atoms with E-state index in [0.29, 0.717) is 12.3 Å². The molecule has 1 fully saturated rings. The first-order valence-corrected chi connectivity index (χ1v) is 9.82. The number of amides is 1. The molecule has 2 heterocycles. The van der Waals surface area contributed by atoms with Crippen molar-refractivity contribution in [1.82, 2.24) is 15.3 Å². The number of carbonyl (C=O) groups is 1. The molecule has 2 N–H and O–H groups in total. The van der Waals surface area contributed by atoms with Gasteiger partial charge in [0.15, 0.2) is 0 Å². The Morgan fingerprint density at radius 2 is 1.81 bits per heavy atom. The molecule has 0 saturated heterocycles. The minimum Gasteiger partial charge on any atom is -0.387 e. The first-order valence-electron chi connectivity index (χ1n) is 9.07. The molecule has 1 amide bonds. The van der Waals surface area contributed by atoms with Gasteiger partial charge < -0.3 is 10.4 Å². The van der Waals surface area contributed by atoms with Crippen LogP contribution in [0.4, 0.5) is 22.0 Å². The fourth-order valence-corrected chi connectivity index (χ4v) is 3.85. The summed E-state index contributed by atoms with van der Waals surface area (Å²) in [5.74, 6) is -4.04. The highest BCUT2D eigenvalue weighted by atomic mass is 35.5. The predicted molar refractivity (Wildman–Crippen MR) is 102 cm³/mol. The summed E-state index contributed by atoms with van der Waals surface area (Å²) in [5, 5.41) is 13.1. The molecule has 2 aromatic rings. The third-order valence-electron chi connectivity index (χ3n) is 5.15. The van der Waals surface area contributed by atoms with Crippen molar-refractivity contribution >= 4 is 29.1 Å². The number of nitrogens with one attached hydrogen (secondary N) is 1. The number of carbonyl (C=O) groups excluding carboxylic acids is 1. The topological polar surface area (TPSA) is 75.1 Å². The molecule has 0 spiro atoms. The predicted octanol–water partition coefficient (Wildman–Crippen LogP) is 5.21. The summed E-state index contributed by atoms with van der Waals surface area (Å²) in [6, 6.07) is 2.04. The van der Waals surface area contributed by atoms with Gasteiger partial charge in [0.1, 0.15) is 10.8 Å². The lowest BCUT2D eigenvalue weighted by Crippen LogP contribution is -2.50. The van der Waals surface area contributed by atoms with E-state index >= 15 is 0 Å². The Morgan fingerprint density at radius 1 is 1.16 bits per heavy atom. The maximum absolute atomic E-state index is 13.7. The van der Waals surface area contributed by atoms with E-state index in [0.717, 1.165) is 0 Å². The standard InChI is InChI=1S/C19H16Cl2F5N3O2/c20-12-9-28-13(19(24,25)26)8-11(12)16(30)29-14(10-2-1-7-27-15(10)21)17(31)3-5-18(22,23)6-4-17/h1-2,7-9,14,31H,3-6H2,(H,29,30). The van der Waals surface area contributed by atoms with Crippen LogP contribution < -0.4 is 5.32 Å². The number of pyridine rings is 2. The van der Waals surface area contributed by atoms with E-state index in [1.165, 1.54) is 18.3 Å². The second kappa shape index (κ2) is 8.48. The summed E-state index contributed by atoms with van der Waals surface area (Å²) in [6.45, 7) is 0. The third kappa shape index (κ3) is 5.24. The smallest absolute Gasteiger partial charge is 0.387 e. The van der Waals surface area contributed by atoms with Crippen molar-refractivity contribution in [3.05, 3.63) is 57.6 Å². The van der Waals surface area contributed by atoms with E-state index in [1.807, 2.05) is 0 Å². The maximum Gasteiger partial charge on any atom is 0.433 e. The molecule has 1 unspecified atom stereocenters. The van der Waals surface area contributed by atoms with Crippen LogP contribution in [0.5, 0.6) is 0 Å². The highest BCUT2D eigenvalue weighted by molar-refractivity contribution is 6.33. The normalized spacial score (nSPS) is 19.0. The zero-order valence-electron chi connectivity index (χ0n) is 15.7. The largest absolute Gasteiger partial charge is 0.433 e. The fraction of sp³-hybridized carbons (Fsp3) is 0.421. The summed E-state index contributed by atoms with van der Waals surface area (Å²) >= 11 is 12.0. The van der Waals surface area contributed by atoms with Crippen molar-refractivity contribution in [3.8, 4) is 0 Å². The zero-order valence-corrected chi connectivity index (χ0v) is 17.2. The first kappa shape index (κ1) is 23.6. The number of halogens is 7. The molecule has 3 rings (SSSR count). The number of nitrogens with zero attached hydrogens (tertiary/aromatic N) is 2. The Bertz CT molecular complexity index is 977. The van der Waals surface area contributed by atoms with Crippen LogP contribution in [0.2, 0.25) is 10.2 Å². The molecule has 0 aliphatic heterocycles. The Labute approximate surface area is 183 Å². The average Bonchev–Trinajstić information content (AvgIpc) is 2.68. The minimum atomic E-state index is -4.82. The molecule has 1 saturated carbocycles. The van der Waals surface area contributed by atoms with Crippen molar-refractivity contribution in [2.24, 2.45) is 0 Å². The van der Waals surface area contributed by atoms with Gasteiger partial charge in [0.25, 0.3) is 5.91 Å². The molecule has 0 bridgehead atoms. The monoisotopic (exact) mass is 483 g/mol. The van der Waals surface area contributed by atoms with Gasteiger partial charge in [-0.15, -0.1) is 0 Å². The molecule has 2 aromatic heterocycles. The van der Waals surface area contributed by atoms with Gasteiger partial charge in [-0.25, -0.2) is 13.8 Å². The lowest BCUT2D eigenvalue weighted by atomic mass is 9.75. The number of hydrogen-bond acceptors (Lipinski definition) is 4. The van der Waals surface area contributed by atoms with E-state index in [2.05, 4.69) is 15.3 Å². The number of alkyl halides is 5. The number of hydrogen-bond donors (Lipinski definition) is 2. The molecule has 5 nitrogen and oxygen atoms in total. The van der Waals surface area contributed by atoms with Gasteiger partial charge in [0, 0.05) is 30.8 Å². The highest BCUT2D eigenvalue weighted by Crippen LogP contribution is 2.45. The molecular weight excluding hydrogens is 468 g/mol. The number of aliphatic hydroxyl groups is 1. The van der Waals surface area contributed by atoms with Crippen LogP contribution >= 0.6 is 23.2 Å². The van der Waals surface area contributed by atoms with Gasteiger partial charge in [-0.3, -0.25) is 9.78 Å². The second-order valence-electron chi connectivity index (χ2n) is 7.30. The highest BCUT2D eigenvalue weighted by Gasteiger charge is 2.48. The van der Waals surface area contributed by atoms with Crippen molar-refractivity contribution in [2.45, 2.75) is 49.4 Å². The van der Waals surface area contributed by atoms with Crippen molar-refractivity contribution in [1.29, 1.82) is 0 Å². The molecule has 1 aliphatic rings. The molecular formula is C19H16Cl2F5N3O2. The van der Waals surface area contributed by atoms with Crippen molar-refractivity contribution in [2.75, 3.05) is 0 Å².